The minimum absolute atomic E-state index is 0.0417. The highest BCUT2D eigenvalue weighted by molar-refractivity contribution is 9.10. The monoisotopic (exact) mass is 442 g/mol. The summed E-state index contributed by atoms with van der Waals surface area (Å²) in [6.07, 6.45) is 6.82. The molecular formula is C19H19BrN6O2. The first-order valence-corrected chi connectivity index (χ1v) is 9.84. The minimum Gasteiger partial charge on any atom is -0.352 e. The van der Waals surface area contributed by atoms with Crippen LogP contribution in [0.5, 0.6) is 0 Å². The van der Waals surface area contributed by atoms with Crippen molar-refractivity contribution in [2.24, 2.45) is 0 Å². The van der Waals surface area contributed by atoms with Gasteiger partial charge in [0.05, 0.1) is 23.4 Å². The van der Waals surface area contributed by atoms with Crippen molar-refractivity contribution in [3.8, 4) is 0 Å². The first-order chi connectivity index (χ1) is 13.6. The Balaban J connectivity index is 1.37. The number of carbonyl (C=O) groups is 1. The van der Waals surface area contributed by atoms with Crippen LogP contribution < -0.4 is 10.5 Å². The van der Waals surface area contributed by atoms with Crippen molar-refractivity contribution in [3.63, 3.8) is 0 Å². The quantitative estimate of drug-likeness (QED) is 0.611. The number of carbonyl (C=O) groups excluding carboxylic acids is 1. The molecule has 0 saturated carbocycles. The van der Waals surface area contributed by atoms with Crippen LogP contribution in [0.15, 0.2) is 52.4 Å². The van der Waals surface area contributed by atoms with Gasteiger partial charge in [-0.25, -0.2) is 9.97 Å². The average molecular weight is 443 g/mol. The number of hydrogen-bond acceptors (Lipinski definition) is 6. The van der Waals surface area contributed by atoms with Crippen LogP contribution in [0, 0.1) is 0 Å². The number of aryl methyl sites for hydroxylation is 1. The van der Waals surface area contributed by atoms with Gasteiger partial charge in [-0.05, 0) is 18.2 Å². The Morgan fingerprint density at radius 2 is 1.93 bits per heavy atom. The van der Waals surface area contributed by atoms with Crippen LogP contribution in [0.25, 0.3) is 10.9 Å². The lowest BCUT2D eigenvalue weighted by molar-refractivity contribution is -0.131. The number of amides is 1. The normalized spacial score (nSPS) is 14.5. The molecule has 1 aliphatic rings. The third-order valence-corrected chi connectivity index (χ3v) is 5.35. The lowest BCUT2D eigenvalue weighted by Gasteiger charge is -2.35. The maximum Gasteiger partial charge on any atom is 0.261 e. The molecule has 144 valence electrons. The molecule has 0 radical (unpaired) electrons. The average Bonchev–Trinajstić information content (AvgIpc) is 2.74. The number of nitrogens with zero attached hydrogens (tertiary/aromatic N) is 6. The van der Waals surface area contributed by atoms with E-state index in [4.69, 9.17) is 0 Å². The SMILES string of the molecule is O=C(CCn1cnc2ccc(Br)cc2c1=O)N1CCN(c2cnccn2)CC1. The zero-order chi connectivity index (χ0) is 19.5. The highest BCUT2D eigenvalue weighted by Gasteiger charge is 2.21. The fourth-order valence-corrected chi connectivity index (χ4v) is 3.67. The molecule has 1 fully saturated rings. The zero-order valence-electron chi connectivity index (χ0n) is 15.2. The molecule has 4 rings (SSSR count). The van der Waals surface area contributed by atoms with Crippen molar-refractivity contribution < 1.29 is 4.79 Å². The number of hydrogen-bond donors (Lipinski definition) is 0. The van der Waals surface area contributed by atoms with Crippen molar-refractivity contribution in [1.82, 2.24) is 24.4 Å². The van der Waals surface area contributed by atoms with E-state index in [1.165, 1.54) is 10.9 Å². The lowest BCUT2D eigenvalue weighted by Crippen LogP contribution is -2.49. The third kappa shape index (κ3) is 3.89. The van der Waals surface area contributed by atoms with Crippen molar-refractivity contribution in [3.05, 3.63) is 57.9 Å². The van der Waals surface area contributed by atoms with E-state index in [1.807, 2.05) is 11.0 Å². The van der Waals surface area contributed by atoms with Gasteiger partial charge >= 0.3 is 0 Å². The maximum atomic E-state index is 12.6. The Labute approximate surface area is 170 Å². The zero-order valence-corrected chi connectivity index (χ0v) is 16.7. The van der Waals surface area contributed by atoms with Crippen LogP contribution in [-0.4, -0.2) is 56.5 Å². The van der Waals surface area contributed by atoms with Crippen LogP contribution in [-0.2, 0) is 11.3 Å². The molecule has 0 unspecified atom stereocenters. The standard InChI is InChI=1S/C19H19BrN6O2/c20-14-1-2-16-15(11-14)19(28)26(13-23-16)6-3-18(27)25-9-7-24(8-10-25)17-12-21-4-5-22-17/h1-2,4-5,11-13H,3,6-10H2. The molecule has 0 N–H and O–H groups in total. The second-order valence-electron chi connectivity index (χ2n) is 6.59. The van der Waals surface area contributed by atoms with Crippen LogP contribution in [0.1, 0.15) is 6.42 Å². The largest absolute Gasteiger partial charge is 0.352 e. The number of halogens is 1. The minimum atomic E-state index is -0.133. The summed E-state index contributed by atoms with van der Waals surface area (Å²) in [5.74, 6) is 0.870. The van der Waals surface area contributed by atoms with Crippen molar-refractivity contribution in [2.75, 3.05) is 31.1 Å². The third-order valence-electron chi connectivity index (χ3n) is 4.86. The molecule has 0 bridgehead atoms. The summed E-state index contributed by atoms with van der Waals surface area (Å²) < 4.78 is 2.33. The first kappa shape index (κ1) is 18.5. The molecule has 3 heterocycles. The Kier molecular flexibility index (Phi) is 5.34. The Bertz CT molecular complexity index is 1050. The van der Waals surface area contributed by atoms with E-state index in [2.05, 4.69) is 35.8 Å². The van der Waals surface area contributed by atoms with Gasteiger partial charge in [-0.15, -0.1) is 0 Å². The van der Waals surface area contributed by atoms with E-state index in [0.29, 0.717) is 30.5 Å². The smallest absolute Gasteiger partial charge is 0.261 e. The molecule has 1 aromatic carbocycles. The molecule has 1 aliphatic heterocycles. The summed E-state index contributed by atoms with van der Waals surface area (Å²) in [6, 6.07) is 5.41. The van der Waals surface area contributed by atoms with Gasteiger partial charge in [0.15, 0.2) is 0 Å². The van der Waals surface area contributed by atoms with Crippen molar-refractivity contribution >= 4 is 38.6 Å². The number of fused-ring (bicyclic) bond motifs is 1. The second kappa shape index (κ2) is 8.05. The Hall–Kier alpha value is -2.81. The molecule has 2 aromatic heterocycles. The van der Waals surface area contributed by atoms with E-state index < -0.39 is 0 Å². The number of rotatable bonds is 4. The van der Waals surface area contributed by atoms with Gasteiger partial charge in [0.1, 0.15) is 5.82 Å². The number of anilines is 1. The van der Waals surface area contributed by atoms with Crippen LogP contribution in [0.4, 0.5) is 5.82 Å². The number of piperazine rings is 1. The molecule has 3 aromatic rings. The summed E-state index contributed by atoms with van der Waals surface area (Å²) in [4.78, 5) is 41.9. The van der Waals surface area contributed by atoms with Gasteiger partial charge in [0.25, 0.3) is 5.56 Å². The molecule has 1 saturated heterocycles. The summed E-state index contributed by atoms with van der Waals surface area (Å²) in [7, 11) is 0. The first-order valence-electron chi connectivity index (χ1n) is 9.05. The fraction of sp³-hybridized carbons (Fsp3) is 0.316. The Morgan fingerprint density at radius 1 is 1.11 bits per heavy atom. The van der Waals surface area contributed by atoms with Crippen LogP contribution in [0.3, 0.4) is 0 Å². The van der Waals surface area contributed by atoms with Gasteiger partial charge in [-0.1, -0.05) is 15.9 Å². The van der Waals surface area contributed by atoms with Crippen LogP contribution >= 0.6 is 15.9 Å². The molecule has 0 aliphatic carbocycles. The molecule has 8 nitrogen and oxygen atoms in total. The number of aromatic nitrogens is 4. The van der Waals surface area contributed by atoms with E-state index >= 15 is 0 Å². The van der Waals surface area contributed by atoms with E-state index in [-0.39, 0.29) is 17.9 Å². The topological polar surface area (TPSA) is 84.2 Å². The fourth-order valence-electron chi connectivity index (χ4n) is 3.30. The van der Waals surface area contributed by atoms with Crippen LogP contribution in [0.2, 0.25) is 0 Å². The van der Waals surface area contributed by atoms with Gasteiger partial charge in [-0.3, -0.25) is 19.1 Å². The van der Waals surface area contributed by atoms with E-state index in [0.717, 1.165) is 23.4 Å². The summed E-state index contributed by atoms with van der Waals surface area (Å²) in [5.41, 5.74) is 0.516. The second-order valence-corrected chi connectivity index (χ2v) is 7.50. The highest BCUT2D eigenvalue weighted by Crippen LogP contribution is 2.15. The summed E-state index contributed by atoms with van der Waals surface area (Å²) >= 11 is 3.38. The molecule has 1 amide bonds. The molecule has 0 atom stereocenters. The maximum absolute atomic E-state index is 12.6. The van der Waals surface area contributed by atoms with Crippen molar-refractivity contribution in [2.45, 2.75) is 13.0 Å². The predicted molar refractivity (Wildman–Crippen MR) is 109 cm³/mol. The van der Waals surface area contributed by atoms with E-state index in [1.54, 1.807) is 30.7 Å². The molecular weight excluding hydrogens is 424 g/mol. The predicted octanol–water partition coefficient (Wildman–Crippen LogP) is 1.69. The van der Waals surface area contributed by atoms with Gasteiger partial charge in [0, 0.05) is 56.0 Å². The van der Waals surface area contributed by atoms with Crippen molar-refractivity contribution in [1.29, 1.82) is 0 Å². The van der Waals surface area contributed by atoms with Gasteiger partial charge in [-0.2, -0.15) is 0 Å². The number of benzene rings is 1. The molecule has 9 heteroatoms. The summed E-state index contributed by atoms with van der Waals surface area (Å²) in [6.45, 7) is 3.02. The molecule has 0 spiro atoms. The highest BCUT2D eigenvalue weighted by atomic mass is 79.9. The van der Waals surface area contributed by atoms with E-state index in [9.17, 15) is 9.59 Å². The summed E-state index contributed by atoms with van der Waals surface area (Å²) in [5, 5.41) is 0.543. The Morgan fingerprint density at radius 3 is 2.68 bits per heavy atom. The van der Waals surface area contributed by atoms with Gasteiger partial charge < -0.3 is 9.80 Å². The lowest BCUT2D eigenvalue weighted by atomic mass is 10.2. The van der Waals surface area contributed by atoms with Gasteiger partial charge in [0.2, 0.25) is 5.91 Å². The molecule has 28 heavy (non-hydrogen) atoms.